The monoisotopic (exact) mass is 152 g/mol. The molecule has 1 aliphatic rings. The van der Waals surface area contributed by atoms with Gasteiger partial charge in [0, 0.05) is 6.04 Å². The zero-order chi connectivity index (χ0) is 7.68. The van der Waals surface area contributed by atoms with Gasteiger partial charge in [-0.3, -0.25) is 0 Å². The minimum atomic E-state index is 0.297. The summed E-state index contributed by atoms with van der Waals surface area (Å²) in [6.07, 6.45) is 7.01. The molecule has 4 heteroatoms. The molecule has 0 aliphatic heterocycles. The van der Waals surface area contributed by atoms with Gasteiger partial charge in [0.15, 0.2) is 0 Å². The first-order chi connectivity index (χ1) is 5.38. The van der Waals surface area contributed by atoms with Gasteiger partial charge < -0.3 is 10.3 Å². The maximum absolute atomic E-state index is 5.89. The fraction of sp³-hybridized carbons (Fsp3) is 0.714. The predicted molar refractivity (Wildman–Crippen MR) is 40.9 cm³/mol. The third-order valence-corrected chi connectivity index (χ3v) is 2.35. The second-order valence-corrected chi connectivity index (χ2v) is 3.07. The lowest BCUT2D eigenvalue weighted by atomic mass is 10.2. The van der Waals surface area contributed by atoms with Crippen molar-refractivity contribution in [2.75, 3.05) is 0 Å². The lowest BCUT2D eigenvalue weighted by Crippen LogP contribution is -2.26. The lowest BCUT2D eigenvalue weighted by Gasteiger charge is -2.15. The van der Waals surface area contributed by atoms with Gasteiger partial charge >= 0.3 is 0 Å². The Morgan fingerprint density at radius 1 is 1.27 bits per heavy atom. The van der Waals surface area contributed by atoms with Gasteiger partial charge in [-0.2, -0.15) is 0 Å². The number of hydrogen-bond donors (Lipinski definition) is 1. The molecule has 0 amide bonds. The third-order valence-electron chi connectivity index (χ3n) is 2.35. The van der Waals surface area contributed by atoms with Gasteiger partial charge in [0.25, 0.3) is 0 Å². The Hall–Kier alpha value is -0.900. The molecule has 1 fully saturated rings. The third kappa shape index (κ3) is 1.14. The number of nitrogens with zero attached hydrogens (tertiary/aromatic N) is 3. The summed E-state index contributed by atoms with van der Waals surface area (Å²) in [6, 6.07) is 0.732. The van der Waals surface area contributed by atoms with Crippen molar-refractivity contribution in [1.82, 2.24) is 14.8 Å². The van der Waals surface area contributed by atoms with Crippen LogP contribution in [0.3, 0.4) is 0 Å². The largest absolute Gasteiger partial charge is 0.326 e. The van der Waals surface area contributed by atoms with E-state index in [9.17, 15) is 0 Å². The van der Waals surface area contributed by atoms with E-state index < -0.39 is 0 Å². The van der Waals surface area contributed by atoms with E-state index in [1.54, 1.807) is 12.7 Å². The summed E-state index contributed by atoms with van der Waals surface area (Å²) in [5.74, 6) is 0. The normalized spacial score (nSPS) is 31.0. The van der Waals surface area contributed by atoms with Crippen LogP contribution in [0.1, 0.15) is 25.3 Å². The van der Waals surface area contributed by atoms with Crippen LogP contribution in [0.5, 0.6) is 0 Å². The number of nitrogens with two attached hydrogens (primary N) is 1. The molecule has 0 aromatic carbocycles. The van der Waals surface area contributed by atoms with E-state index in [0.717, 1.165) is 6.42 Å². The van der Waals surface area contributed by atoms with Crippen molar-refractivity contribution in [3.8, 4) is 0 Å². The lowest BCUT2D eigenvalue weighted by molar-refractivity contribution is 0.460. The quantitative estimate of drug-likeness (QED) is 0.631. The second-order valence-electron chi connectivity index (χ2n) is 3.07. The van der Waals surface area contributed by atoms with Crippen molar-refractivity contribution < 1.29 is 0 Å². The molecule has 0 radical (unpaired) electrons. The van der Waals surface area contributed by atoms with E-state index in [-0.39, 0.29) is 0 Å². The standard InChI is InChI=1S/C7H12N4/c8-6-2-1-3-7(6)11-4-9-10-5-11/h4-7H,1-3,8H2/t6-,7+/m1/s1. The number of hydrogen-bond acceptors (Lipinski definition) is 3. The first-order valence-electron chi connectivity index (χ1n) is 3.97. The minimum Gasteiger partial charge on any atom is -0.326 e. The molecule has 2 rings (SSSR count). The molecule has 1 heterocycles. The molecule has 0 bridgehead atoms. The number of rotatable bonds is 1. The molecule has 60 valence electrons. The van der Waals surface area contributed by atoms with Gasteiger partial charge in [-0.1, -0.05) is 0 Å². The summed E-state index contributed by atoms with van der Waals surface area (Å²) in [7, 11) is 0. The summed E-state index contributed by atoms with van der Waals surface area (Å²) >= 11 is 0. The smallest absolute Gasteiger partial charge is 0.119 e. The topological polar surface area (TPSA) is 56.7 Å². The van der Waals surface area contributed by atoms with Crippen LogP contribution in [0.4, 0.5) is 0 Å². The van der Waals surface area contributed by atoms with E-state index in [4.69, 9.17) is 5.73 Å². The van der Waals surface area contributed by atoms with E-state index in [1.807, 2.05) is 4.57 Å². The average Bonchev–Trinajstić information content (AvgIpc) is 2.55. The van der Waals surface area contributed by atoms with Crippen LogP contribution in [0.15, 0.2) is 12.7 Å². The fourth-order valence-electron chi connectivity index (χ4n) is 1.72. The maximum Gasteiger partial charge on any atom is 0.119 e. The van der Waals surface area contributed by atoms with Crippen LogP contribution in [-0.4, -0.2) is 20.8 Å². The summed E-state index contributed by atoms with van der Waals surface area (Å²) in [4.78, 5) is 0. The molecular weight excluding hydrogens is 140 g/mol. The molecule has 11 heavy (non-hydrogen) atoms. The second kappa shape index (κ2) is 2.62. The molecule has 0 unspecified atom stereocenters. The van der Waals surface area contributed by atoms with Crippen LogP contribution >= 0.6 is 0 Å². The highest BCUT2D eigenvalue weighted by Crippen LogP contribution is 2.27. The molecule has 1 aliphatic carbocycles. The summed E-state index contributed by atoms with van der Waals surface area (Å²) in [6.45, 7) is 0. The molecule has 2 atom stereocenters. The Labute approximate surface area is 65.4 Å². The molecular formula is C7H12N4. The van der Waals surface area contributed by atoms with Gasteiger partial charge in [0.05, 0.1) is 6.04 Å². The van der Waals surface area contributed by atoms with Gasteiger partial charge in [0.2, 0.25) is 0 Å². The molecule has 0 spiro atoms. The Morgan fingerprint density at radius 3 is 2.55 bits per heavy atom. The molecule has 1 aromatic heterocycles. The summed E-state index contributed by atoms with van der Waals surface area (Å²) in [5.41, 5.74) is 5.89. The van der Waals surface area contributed by atoms with Crippen molar-refractivity contribution >= 4 is 0 Å². The van der Waals surface area contributed by atoms with E-state index in [1.165, 1.54) is 12.8 Å². The highest BCUT2D eigenvalue weighted by atomic mass is 15.2. The van der Waals surface area contributed by atoms with E-state index in [2.05, 4.69) is 10.2 Å². The van der Waals surface area contributed by atoms with Crippen molar-refractivity contribution in [2.24, 2.45) is 5.73 Å². The first-order valence-corrected chi connectivity index (χ1v) is 3.97. The SMILES string of the molecule is N[C@@H]1CCC[C@@H]1n1cnnc1. The molecule has 1 aromatic rings. The Balaban J connectivity index is 2.16. The highest BCUT2D eigenvalue weighted by molar-refractivity contribution is 4.86. The zero-order valence-corrected chi connectivity index (χ0v) is 6.35. The van der Waals surface area contributed by atoms with Crippen molar-refractivity contribution in [1.29, 1.82) is 0 Å². The Kier molecular flexibility index (Phi) is 1.62. The molecule has 1 saturated carbocycles. The minimum absolute atomic E-state index is 0.297. The van der Waals surface area contributed by atoms with E-state index >= 15 is 0 Å². The predicted octanol–water partition coefficient (Wildman–Crippen LogP) is 0.330. The zero-order valence-electron chi connectivity index (χ0n) is 6.35. The van der Waals surface area contributed by atoms with Crippen LogP contribution in [0.25, 0.3) is 0 Å². The Bertz CT molecular complexity index is 218. The van der Waals surface area contributed by atoms with Crippen LogP contribution < -0.4 is 5.73 Å². The van der Waals surface area contributed by atoms with E-state index in [0.29, 0.717) is 12.1 Å². The Morgan fingerprint density at radius 2 is 2.00 bits per heavy atom. The number of aromatic nitrogens is 3. The van der Waals surface area contributed by atoms with Crippen molar-refractivity contribution in [2.45, 2.75) is 31.3 Å². The van der Waals surface area contributed by atoms with Crippen LogP contribution in [-0.2, 0) is 0 Å². The van der Waals surface area contributed by atoms with Crippen LogP contribution in [0, 0.1) is 0 Å². The summed E-state index contributed by atoms with van der Waals surface area (Å²) in [5, 5.41) is 7.52. The first kappa shape index (κ1) is 6.79. The molecule has 4 nitrogen and oxygen atoms in total. The van der Waals surface area contributed by atoms with Crippen LogP contribution in [0.2, 0.25) is 0 Å². The van der Waals surface area contributed by atoms with Crippen molar-refractivity contribution in [3.05, 3.63) is 12.7 Å². The fourth-order valence-corrected chi connectivity index (χ4v) is 1.72. The summed E-state index contributed by atoms with van der Waals surface area (Å²) < 4.78 is 2.01. The maximum atomic E-state index is 5.89. The van der Waals surface area contributed by atoms with Gasteiger partial charge in [0.1, 0.15) is 12.7 Å². The molecule has 2 N–H and O–H groups in total. The van der Waals surface area contributed by atoms with Gasteiger partial charge in [-0.05, 0) is 19.3 Å². The van der Waals surface area contributed by atoms with Gasteiger partial charge in [-0.15, -0.1) is 10.2 Å². The van der Waals surface area contributed by atoms with Crippen molar-refractivity contribution in [3.63, 3.8) is 0 Å². The average molecular weight is 152 g/mol. The highest BCUT2D eigenvalue weighted by Gasteiger charge is 2.24. The molecule has 0 saturated heterocycles. The van der Waals surface area contributed by atoms with Gasteiger partial charge in [-0.25, -0.2) is 0 Å².